The Morgan fingerprint density at radius 1 is 1.48 bits per heavy atom. The van der Waals surface area contributed by atoms with Gasteiger partial charge >= 0.3 is 0 Å². The van der Waals surface area contributed by atoms with Crippen LogP contribution < -0.4 is 10.0 Å². The van der Waals surface area contributed by atoms with E-state index in [0.29, 0.717) is 36.9 Å². The summed E-state index contributed by atoms with van der Waals surface area (Å²) in [5.74, 6) is 0.716. The van der Waals surface area contributed by atoms with Crippen LogP contribution in [0.15, 0.2) is 12.4 Å². The number of alkyl halides is 1. The molecule has 3 N–H and O–H groups in total. The fraction of sp³-hybridized carbons (Fsp3) is 0.600. The number of aryl methyl sites for hydroxylation is 1. The van der Waals surface area contributed by atoms with Crippen LogP contribution in [0.5, 0.6) is 0 Å². The zero-order valence-electron chi connectivity index (χ0n) is 14.8. The smallest absolute Gasteiger partial charge is 0.277 e. The van der Waals surface area contributed by atoms with Crippen molar-refractivity contribution in [2.24, 2.45) is 5.14 Å². The molecule has 1 unspecified atom stereocenters. The minimum absolute atomic E-state index is 0.435. The maximum Gasteiger partial charge on any atom is 0.277 e. The molecular formula is C15H22ClFN6O3S. The molecule has 0 aromatic carbocycles. The molecule has 0 amide bonds. The third-order valence-corrected chi connectivity index (χ3v) is 6.13. The summed E-state index contributed by atoms with van der Waals surface area (Å²) in [7, 11) is -4.07. The van der Waals surface area contributed by atoms with Crippen LogP contribution in [0, 0.1) is 6.92 Å². The van der Waals surface area contributed by atoms with Gasteiger partial charge < -0.3 is 10.0 Å². The van der Waals surface area contributed by atoms with E-state index >= 15 is 0 Å². The highest BCUT2D eigenvalue weighted by molar-refractivity contribution is 7.86. The zero-order valence-corrected chi connectivity index (χ0v) is 16.4. The van der Waals surface area contributed by atoms with Gasteiger partial charge in [-0.05, 0) is 31.4 Å². The molecule has 3 heterocycles. The first-order valence-corrected chi connectivity index (χ1v) is 10.4. The Balaban J connectivity index is 1.79. The average molecular weight is 421 g/mol. The van der Waals surface area contributed by atoms with Gasteiger partial charge in [-0.2, -0.15) is 17.8 Å². The van der Waals surface area contributed by atoms with Crippen LogP contribution in [0.4, 0.5) is 10.2 Å². The summed E-state index contributed by atoms with van der Waals surface area (Å²) in [6.45, 7) is 1.74. The first-order chi connectivity index (χ1) is 12.7. The number of nitrogens with zero attached hydrogens (tertiary/aromatic N) is 5. The lowest BCUT2D eigenvalue weighted by molar-refractivity contribution is 0.137. The summed E-state index contributed by atoms with van der Waals surface area (Å²) < 4.78 is 39.8. The number of rotatable bonds is 6. The van der Waals surface area contributed by atoms with Gasteiger partial charge in [-0.25, -0.2) is 19.0 Å². The van der Waals surface area contributed by atoms with Crippen molar-refractivity contribution in [3.8, 4) is 0 Å². The second-order valence-electron chi connectivity index (χ2n) is 6.61. The Morgan fingerprint density at radius 3 is 2.74 bits per heavy atom. The number of aliphatic hydroxyl groups excluding tert-OH is 1. The zero-order chi connectivity index (χ0) is 19.8. The van der Waals surface area contributed by atoms with Crippen molar-refractivity contribution in [3.05, 3.63) is 23.1 Å². The number of anilines is 1. The van der Waals surface area contributed by atoms with Gasteiger partial charge in [-0.1, -0.05) is 11.6 Å². The van der Waals surface area contributed by atoms with E-state index in [1.54, 1.807) is 10.6 Å². The predicted octanol–water partition coefficient (Wildman–Crippen LogP) is 0.496. The number of piperidine rings is 1. The molecule has 150 valence electrons. The van der Waals surface area contributed by atoms with Gasteiger partial charge in [0.1, 0.15) is 23.2 Å². The van der Waals surface area contributed by atoms with E-state index in [0.717, 1.165) is 15.4 Å². The SMILES string of the molecule is Cc1cc(Cl)n2ncnc(N3CCC(N(CC(F)CO)S(N)(=O)=O)CC3)c12. The summed E-state index contributed by atoms with van der Waals surface area (Å²) in [6, 6.07) is 1.37. The molecular weight excluding hydrogens is 399 g/mol. The van der Waals surface area contributed by atoms with Gasteiger partial charge in [-0.15, -0.1) is 0 Å². The maximum atomic E-state index is 13.6. The third-order valence-electron chi connectivity index (χ3n) is 4.76. The van der Waals surface area contributed by atoms with E-state index in [4.69, 9.17) is 21.8 Å². The van der Waals surface area contributed by atoms with Crippen molar-refractivity contribution < 1.29 is 17.9 Å². The number of halogens is 2. The fourth-order valence-corrected chi connectivity index (χ4v) is 4.76. The first-order valence-electron chi connectivity index (χ1n) is 8.50. The summed E-state index contributed by atoms with van der Waals surface area (Å²) in [4.78, 5) is 6.40. The topological polar surface area (TPSA) is 117 Å². The Hall–Kier alpha value is -1.53. The lowest BCUT2D eigenvalue weighted by Gasteiger charge is -2.37. The molecule has 3 rings (SSSR count). The van der Waals surface area contributed by atoms with Crippen molar-refractivity contribution in [3.63, 3.8) is 0 Å². The van der Waals surface area contributed by atoms with Gasteiger partial charge in [-0.3, -0.25) is 0 Å². The highest BCUT2D eigenvalue weighted by Crippen LogP contribution is 2.29. The third kappa shape index (κ3) is 4.16. The Kier molecular flexibility index (Phi) is 5.87. The molecule has 27 heavy (non-hydrogen) atoms. The first kappa shape index (κ1) is 20.2. The lowest BCUT2D eigenvalue weighted by atomic mass is 10.0. The molecule has 2 aromatic heterocycles. The standard InChI is InChI=1S/C15H22ClFN6O3S/c1-10-6-13(16)23-14(10)15(19-9-20-23)21-4-2-12(3-5-21)22(27(18,25)26)7-11(17)8-24/h6,9,11-12,24H,2-5,7-8H2,1H3,(H2,18,25,26). The Bertz CT molecular complexity index is 916. The second kappa shape index (κ2) is 7.84. The molecule has 1 aliphatic heterocycles. The van der Waals surface area contributed by atoms with Gasteiger partial charge in [0.05, 0.1) is 6.61 Å². The summed E-state index contributed by atoms with van der Waals surface area (Å²) in [5, 5.41) is 18.8. The van der Waals surface area contributed by atoms with Crippen molar-refractivity contribution in [1.82, 2.24) is 18.9 Å². The van der Waals surface area contributed by atoms with Crippen molar-refractivity contribution in [1.29, 1.82) is 0 Å². The van der Waals surface area contributed by atoms with E-state index in [2.05, 4.69) is 10.1 Å². The lowest BCUT2D eigenvalue weighted by Crippen LogP contribution is -2.52. The van der Waals surface area contributed by atoms with Crippen LogP contribution in [-0.2, 0) is 10.2 Å². The maximum absolute atomic E-state index is 13.6. The minimum Gasteiger partial charge on any atom is -0.393 e. The van der Waals surface area contributed by atoms with E-state index in [9.17, 15) is 12.8 Å². The van der Waals surface area contributed by atoms with Crippen LogP contribution in [0.3, 0.4) is 0 Å². The number of hydrogen-bond acceptors (Lipinski definition) is 6. The van der Waals surface area contributed by atoms with Crippen LogP contribution in [0.1, 0.15) is 18.4 Å². The number of nitrogens with two attached hydrogens (primary N) is 1. The van der Waals surface area contributed by atoms with Gasteiger partial charge in [0, 0.05) is 25.7 Å². The van der Waals surface area contributed by atoms with E-state index in [1.807, 2.05) is 11.8 Å². The molecule has 0 spiro atoms. The van der Waals surface area contributed by atoms with Gasteiger partial charge in [0.25, 0.3) is 10.2 Å². The fourth-order valence-electron chi connectivity index (χ4n) is 3.47. The molecule has 2 aromatic rings. The average Bonchev–Trinajstić information content (AvgIpc) is 2.93. The molecule has 12 heteroatoms. The van der Waals surface area contributed by atoms with Crippen molar-refractivity contribution in [2.75, 3.05) is 31.1 Å². The van der Waals surface area contributed by atoms with E-state index in [1.165, 1.54) is 6.33 Å². The highest BCUT2D eigenvalue weighted by Gasteiger charge is 2.33. The number of aliphatic hydroxyl groups is 1. The monoisotopic (exact) mass is 420 g/mol. The second-order valence-corrected chi connectivity index (χ2v) is 8.49. The van der Waals surface area contributed by atoms with Crippen molar-refractivity contribution >= 4 is 33.1 Å². The van der Waals surface area contributed by atoms with Crippen LogP contribution >= 0.6 is 11.6 Å². The molecule has 1 aliphatic rings. The normalized spacial score (nSPS) is 17.8. The molecule has 0 aliphatic carbocycles. The molecule has 9 nitrogen and oxygen atoms in total. The van der Waals surface area contributed by atoms with E-state index in [-0.39, 0.29) is 0 Å². The number of hydrogen-bond donors (Lipinski definition) is 2. The molecule has 1 saturated heterocycles. The Labute approximate surface area is 161 Å². The van der Waals surface area contributed by atoms with Crippen LogP contribution in [0.25, 0.3) is 5.52 Å². The molecule has 0 saturated carbocycles. The van der Waals surface area contributed by atoms with E-state index < -0.39 is 35.6 Å². The molecule has 0 bridgehead atoms. The van der Waals surface area contributed by atoms with Gasteiger partial charge in [0.15, 0.2) is 5.82 Å². The minimum atomic E-state index is -4.07. The van der Waals surface area contributed by atoms with Gasteiger partial charge in [0.2, 0.25) is 0 Å². The summed E-state index contributed by atoms with van der Waals surface area (Å²) in [6.07, 6.45) is 0.662. The Morgan fingerprint density at radius 2 is 2.15 bits per heavy atom. The van der Waals surface area contributed by atoms with Crippen molar-refractivity contribution in [2.45, 2.75) is 32.0 Å². The predicted molar refractivity (Wildman–Crippen MR) is 99.8 cm³/mol. The quantitative estimate of drug-likeness (QED) is 0.702. The molecule has 1 atom stereocenters. The number of aromatic nitrogens is 3. The van der Waals surface area contributed by atoms with Crippen LogP contribution in [-0.4, -0.2) is 70.9 Å². The largest absolute Gasteiger partial charge is 0.393 e. The number of fused-ring (bicyclic) bond motifs is 1. The summed E-state index contributed by atoms with van der Waals surface area (Å²) in [5.41, 5.74) is 1.74. The highest BCUT2D eigenvalue weighted by atomic mass is 35.5. The molecule has 0 radical (unpaired) electrons. The molecule has 1 fully saturated rings. The summed E-state index contributed by atoms with van der Waals surface area (Å²) >= 11 is 6.18. The van der Waals surface area contributed by atoms with Crippen LogP contribution in [0.2, 0.25) is 5.15 Å².